The first kappa shape index (κ1) is 30.7. The monoisotopic (exact) mass is 565 g/mol. The van der Waals surface area contributed by atoms with Gasteiger partial charge < -0.3 is 15.0 Å². The van der Waals surface area contributed by atoms with Gasteiger partial charge in [0.25, 0.3) is 0 Å². The molecule has 0 saturated carbocycles. The number of methoxy groups -OCH3 is 1. The van der Waals surface area contributed by atoms with E-state index in [-0.39, 0.29) is 24.6 Å². The number of nitrogens with one attached hydrogen (secondary N) is 1. The average Bonchev–Trinajstić information content (AvgIpc) is 2.94. The van der Waals surface area contributed by atoms with Crippen LogP contribution in [0.5, 0.6) is 5.75 Å². The molecule has 0 fully saturated rings. The van der Waals surface area contributed by atoms with Crippen LogP contribution in [0.25, 0.3) is 0 Å². The highest BCUT2D eigenvalue weighted by Gasteiger charge is 2.33. The first-order chi connectivity index (χ1) is 19.1. The molecule has 0 radical (unpaired) electrons. The maximum atomic E-state index is 14.1. The Labute approximate surface area is 238 Å². The predicted octanol–water partition coefficient (Wildman–Crippen LogP) is 4.33. The first-order valence-corrected chi connectivity index (χ1v) is 15.3. The normalized spacial score (nSPS) is 11.9. The van der Waals surface area contributed by atoms with E-state index >= 15 is 0 Å². The predicted molar refractivity (Wildman–Crippen MR) is 159 cm³/mol. The van der Waals surface area contributed by atoms with Crippen molar-refractivity contribution >= 4 is 27.5 Å². The summed E-state index contributed by atoms with van der Waals surface area (Å²) in [6.45, 7) is 4.16. The number of rotatable bonds is 14. The molecule has 9 heteroatoms. The molecule has 3 aromatic rings. The minimum atomic E-state index is -3.87. The molecule has 0 aliphatic rings. The summed E-state index contributed by atoms with van der Waals surface area (Å²) in [7, 11) is -2.43. The third kappa shape index (κ3) is 8.58. The highest BCUT2D eigenvalue weighted by atomic mass is 32.2. The van der Waals surface area contributed by atoms with Gasteiger partial charge in [-0.3, -0.25) is 13.9 Å². The van der Waals surface area contributed by atoms with Crippen LogP contribution in [0.4, 0.5) is 5.69 Å². The number of benzene rings is 3. The Balaban J connectivity index is 2.05. The van der Waals surface area contributed by atoms with Crippen LogP contribution in [-0.2, 0) is 32.6 Å². The summed E-state index contributed by atoms with van der Waals surface area (Å²) in [5.41, 5.74) is 3.05. The summed E-state index contributed by atoms with van der Waals surface area (Å²) in [5, 5.41) is 2.98. The molecule has 1 N–H and O–H groups in total. The third-order valence-corrected chi connectivity index (χ3v) is 7.73. The van der Waals surface area contributed by atoms with Crippen LogP contribution in [0.2, 0.25) is 0 Å². The van der Waals surface area contributed by atoms with Crippen molar-refractivity contribution in [2.75, 3.05) is 30.8 Å². The number of carbonyl (C=O) groups excluding carboxylic acids is 2. The average molecular weight is 566 g/mol. The smallest absolute Gasteiger partial charge is 0.244 e. The summed E-state index contributed by atoms with van der Waals surface area (Å²) in [6.07, 6.45) is 3.06. The zero-order chi connectivity index (χ0) is 29.1. The topological polar surface area (TPSA) is 96.0 Å². The summed E-state index contributed by atoms with van der Waals surface area (Å²) in [5.74, 6) is -0.451. The highest BCUT2D eigenvalue weighted by Crippen LogP contribution is 2.30. The molecule has 8 nitrogen and oxygen atoms in total. The third-order valence-electron chi connectivity index (χ3n) is 6.61. The van der Waals surface area contributed by atoms with Gasteiger partial charge in [-0.25, -0.2) is 8.42 Å². The second kappa shape index (κ2) is 14.5. The number of para-hydroxylation sites is 2. The summed E-state index contributed by atoms with van der Waals surface area (Å²) < 4.78 is 32.3. The van der Waals surface area contributed by atoms with E-state index < -0.39 is 28.5 Å². The van der Waals surface area contributed by atoms with Gasteiger partial charge in [0.2, 0.25) is 21.8 Å². The van der Waals surface area contributed by atoms with E-state index in [0.717, 1.165) is 40.1 Å². The number of carbonyl (C=O) groups is 2. The number of amides is 2. The van der Waals surface area contributed by atoms with Crippen LogP contribution in [0.1, 0.15) is 36.5 Å². The zero-order valence-corrected chi connectivity index (χ0v) is 24.5. The Morgan fingerprint density at radius 2 is 1.57 bits per heavy atom. The molecule has 0 spiro atoms. The summed E-state index contributed by atoms with van der Waals surface area (Å²) in [6, 6.07) is 23.0. The van der Waals surface area contributed by atoms with Gasteiger partial charge in [0, 0.05) is 19.5 Å². The lowest BCUT2D eigenvalue weighted by Crippen LogP contribution is -2.53. The van der Waals surface area contributed by atoms with E-state index in [9.17, 15) is 18.0 Å². The second-order valence-corrected chi connectivity index (χ2v) is 11.7. The van der Waals surface area contributed by atoms with Gasteiger partial charge >= 0.3 is 0 Å². The Hall–Kier alpha value is -3.85. The van der Waals surface area contributed by atoms with Gasteiger partial charge in [-0.1, -0.05) is 85.6 Å². The molecular weight excluding hydrogens is 526 g/mol. The van der Waals surface area contributed by atoms with Crippen LogP contribution < -0.4 is 14.4 Å². The number of sulfonamides is 1. The molecule has 3 aromatic carbocycles. The van der Waals surface area contributed by atoms with Crippen molar-refractivity contribution in [3.63, 3.8) is 0 Å². The van der Waals surface area contributed by atoms with Gasteiger partial charge in [-0.05, 0) is 36.6 Å². The van der Waals surface area contributed by atoms with Crippen molar-refractivity contribution in [3.05, 3.63) is 95.6 Å². The molecule has 0 bridgehead atoms. The lowest BCUT2D eigenvalue weighted by molar-refractivity contribution is -0.140. The number of aryl methyl sites for hydroxylation is 1. The molecule has 1 atom stereocenters. The van der Waals surface area contributed by atoms with Gasteiger partial charge in [-0.15, -0.1) is 0 Å². The van der Waals surface area contributed by atoms with Gasteiger partial charge in [-0.2, -0.15) is 0 Å². The number of nitrogens with zero attached hydrogens (tertiary/aromatic N) is 2. The maximum Gasteiger partial charge on any atom is 0.244 e. The lowest BCUT2D eigenvalue weighted by atomic mass is 10.0. The largest absolute Gasteiger partial charge is 0.495 e. The van der Waals surface area contributed by atoms with Crippen LogP contribution in [-0.4, -0.2) is 57.6 Å². The Morgan fingerprint density at radius 1 is 0.925 bits per heavy atom. The fourth-order valence-electron chi connectivity index (χ4n) is 4.38. The molecule has 0 saturated heterocycles. The molecule has 0 heterocycles. The number of anilines is 1. The number of hydrogen-bond donors (Lipinski definition) is 1. The van der Waals surface area contributed by atoms with Crippen molar-refractivity contribution < 1.29 is 22.7 Å². The van der Waals surface area contributed by atoms with Crippen molar-refractivity contribution in [1.82, 2.24) is 10.2 Å². The highest BCUT2D eigenvalue weighted by molar-refractivity contribution is 7.92. The minimum Gasteiger partial charge on any atom is -0.495 e. The van der Waals surface area contributed by atoms with Crippen molar-refractivity contribution in [2.24, 2.45) is 0 Å². The van der Waals surface area contributed by atoms with E-state index in [1.807, 2.05) is 68.4 Å². The Kier molecular flexibility index (Phi) is 11.1. The molecule has 0 aliphatic heterocycles. The van der Waals surface area contributed by atoms with Gasteiger partial charge in [0.05, 0.1) is 19.1 Å². The molecule has 214 valence electrons. The molecule has 2 amide bonds. The van der Waals surface area contributed by atoms with E-state index in [1.54, 1.807) is 24.3 Å². The molecular formula is C31H39N3O5S. The minimum absolute atomic E-state index is 0.140. The maximum absolute atomic E-state index is 14.1. The standard InChI is InChI=1S/C31H39N3O5S/c1-5-6-20-32-31(36)28(21-25-12-8-7-9-13-25)33(22-26-18-16-24(2)17-19-26)30(35)23-34(40(4,37)38)27-14-10-11-15-29(27)39-3/h7-19,28H,5-6,20-23H2,1-4H3,(H,32,36)/t28-/m0/s1. The van der Waals surface area contributed by atoms with Crippen molar-refractivity contribution in [1.29, 1.82) is 0 Å². The van der Waals surface area contributed by atoms with Crippen LogP contribution in [0, 0.1) is 6.92 Å². The lowest BCUT2D eigenvalue weighted by Gasteiger charge is -2.33. The number of ether oxygens (including phenoxy) is 1. The van der Waals surface area contributed by atoms with Crippen molar-refractivity contribution in [2.45, 2.75) is 45.7 Å². The molecule has 3 rings (SSSR count). The summed E-state index contributed by atoms with van der Waals surface area (Å²) >= 11 is 0. The fourth-order valence-corrected chi connectivity index (χ4v) is 5.23. The van der Waals surface area contributed by atoms with Crippen LogP contribution in [0.15, 0.2) is 78.9 Å². The van der Waals surface area contributed by atoms with E-state index in [1.165, 1.54) is 12.0 Å². The summed E-state index contributed by atoms with van der Waals surface area (Å²) in [4.78, 5) is 29.2. The molecule has 40 heavy (non-hydrogen) atoms. The van der Waals surface area contributed by atoms with Crippen LogP contribution >= 0.6 is 0 Å². The second-order valence-electron chi connectivity index (χ2n) is 9.80. The fraction of sp³-hybridized carbons (Fsp3) is 0.355. The molecule has 0 aliphatic carbocycles. The number of hydrogen-bond acceptors (Lipinski definition) is 5. The van der Waals surface area contributed by atoms with E-state index in [0.29, 0.717) is 12.3 Å². The number of unbranched alkanes of at least 4 members (excludes halogenated alkanes) is 1. The van der Waals surface area contributed by atoms with E-state index in [2.05, 4.69) is 5.32 Å². The SMILES string of the molecule is CCCCNC(=O)[C@H](Cc1ccccc1)N(Cc1ccc(C)cc1)C(=O)CN(c1ccccc1OC)S(C)(=O)=O. The van der Waals surface area contributed by atoms with E-state index in [4.69, 9.17) is 4.74 Å². The first-order valence-electron chi connectivity index (χ1n) is 13.4. The van der Waals surface area contributed by atoms with Gasteiger partial charge in [0.15, 0.2) is 0 Å². The Morgan fingerprint density at radius 3 is 2.20 bits per heavy atom. The zero-order valence-electron chi connectivity index (χ0n) is 23.7. The van der Waals surface area contributed by atoms with Gasteiger partial charge in [0.1, 0.15) is 18.3 Å². The molecule has 0 aromatic heterocycles. The Bertz CT molecular complexity index is 1360. The van der Waals surface area contributed by atoms with Crippen LogP contribution in [0.3, 0.4) is 0 Å². The quantitative estimate of drug-likeness (QED) is 0.294. The molecule has 0 unspecified atom stereocenters. The van der Waals surface area contributed by atoms with Crippen molar-refractivity contribution in [3.8, 4) is 5.75 Å².